The summed E-state index contributed by atoms with van der Waals surface area (Å²) in [5.74, 6) is -0.548. The Morgan fingerprint density at radius 3 is 2.62 bits per heavy atom. The van der Waals surface area contributed by atoms with E-state index >= 15 is 0 Å². The Kier molecular flexibility index (Phi) is 6.39. The minimum Gasteiger partial charge on any atom is -0.461 e. The highest BCUT2D eigenvalue weighted by molar-refractivity contribution is 7.89. The van der Waals surface area contributed by atoms with Crippen molar-refractivity contribution < 1.29 is 22.7 Å². The summed E-state index contributed by atoms with van der Waals surface area (Å²) in [6.45, 7) is 9.05. The molecule has 1 aliphatic heterocycles. The molecule has 0 aromatic carbocycles. The third-order valence-corrected chi connectivity index (χ3v) is 5.67. The summed E-state index contributed by atoms with van der Waals surface area (Å²) >= 11 is 0. The van der Waals surface area contributed by atoms with E-state index in [2.05, 4.69) is 14.6 Å². The van der Waals surface area contributed by atoms with Gasteiger partial charge >= 0.3 is 5.97 Å². The molecule has 0 spiro atoms. The highest BCUT2D eigenvalue weighted by atomic mass is 32.2. The second-order valence-electron chi connectivity index (χ2n) is 5.65. The van der Waals surface area contributed by atoms with Crippen LogP contribution in [0, 0.1) is 13.8 Å². The molecular weight excluding hydrogens is 334 g/mol. The molecule has 2 rings (SSSR count). The lowest BCUT2D eigenvalue weighted by atomic mass is 10.2. The number of carbonyl (C=O) groups excluding carboxylic acids is 1. The number of aromatic nitrogens is 1. The van der Waals surface area contributed by atoms with Crippen molar-refractivity contribution in [2.45, 2.75) is 25.7 Å². The van der Waals surface area contributed by atoms with Gasteiger partial charge in [0.05, 0.1) is 19.8 Å². The first-order valence-corrected chi connectivity index (χ1v) is 9.51. The summed E-state index contributed by atoms with van der Waals surface area (Å²) < 4.78 is 38.0. The zero-order valence-electron chi connectivity index (χ0n) is 14.3. The predicted octanol–water partition coefficient (Wildman–Crippen LogP) is 0.419. The molecule has 0 bridgehead atoms. The van der Waals surface area contributed by atoms with E-state index in [1.54, 1.807) is 20.8 Å². The Morgan fingerprint density at radius 1 is 1.33 bits per heavy atom. The van der Waals surface area contributed by atoms with Gasteiger partial charge in [0.15, 0.2) is 0 Å². The minimum atomic E-state index is -3.70. The van der Waals surface area contributed by atoms with Crippen LogP contribution in [-0.4, -0.2) is 70.3 Å². The fourth-order valence-corrected chi connectivity index (χ4v) is 4.24. The first-order valence-electron chi connectivity index (χ1n) is 8.03. The van der Waals surface area contributed by atoms with E-state index in [0.29, 0.717) is 37.6 Å². The summed E-state index contributed by atoms with van der Waals surface area (Å²) in [5, 5.41) is 0. The van der Waals surface area contributed by atoms with E-state index < -0.39 is 16.0 Å². The van der Waals surface area contributed by atoms with Crippen LogP contribution in [0.3, 0.4) is 0 Å². The van der Waals surface area contributed by atoms with Crippen molar-refractivity contribution >= 4 is 16.0 Å². The van der Waals surface area contributed by atoms with Crippen LogP contribution in [0.25, 0.3) is 0 Å². The van der Waals surface area contributed by atoms with Gasteiger partial charge in [0, 0.05) is 37.4 Å². The standard InChI is InChI=1S/C15H25N3O5S/c1-4-23-15(19)13-11(2)14(12(3)17-13)24(20,21)16-5-6-18-7-9-22-10-8-18/h16-17H,4-10H2,1-3H3. The van der Waals surface area contributed by atoms with Gasteiger partial charge in [0.25, 0.3) is 0 Å². The summed E-state index contributed by atoms with van der Waals surface area (Å²) in [7, 11) is -3.70. The number of morpholine rings is 1. The van der Waals surface area contributed by atoms with E-state index in [1.807, 2.05) is 0 Å². The van der Waals surface area contributed by atoms with Crippen LogP contribution < -0.4 is 4.72 Å². The number of rotatable bonds is 7. The molecular formula is C15H25N3O5S. The van der Waals surface area contributed by atoms with E-state index in [1.165, 1.54) is 0 Å². The number of aromatic amines is 1. The normalized spacial score (nSPS) is 16.3. The molecule has 2 heterocycles. The van der Waals surface area contributed by atoms with Crippen molar-refractivity contribution in [3.8, 4) is 0 Å². The number of ether oxygens (including phenoxy) is 2. The van der Waals surface area contributed by atoms with Crippen LogP contribution in [0.15, 0.2) is 4.90 Å². The van der Waals surface area contributed by atoms with Gasteiger partial charge in [-0.2, -0.15) is 0 Å². The van der Waals surface area contributed by atoms with Gasteiger partial charge in [0.1, 0.15) is 10.6 Å². The summed E-state index contributed by atoms with van der Waals surface area (Å²) in [6.07, 6.45) is 0. The average molecular weight is 359 g/mol. The Bertz CT molecular complexity index is 678. The van der Waals surface area contributed by atoms with Crippen LogP contribution in [0.5, 0.6) is 0 Å². The fraction of sp³-hybridized carbons (Fsp3) is 0.667. The molecule has 8 nitrogen and oxygen atoms in total. The first-order chi connectivity index (χ1) is 11.4. The summed E-state index contributed by atoms with van der Waals surface area (Å²) in [4.78, 5) is 17.0. The molecule has 1 aromatic heterocycles. The molecule has 0 saturated carbocycles. The van der Waals surface area contributed by atoms with Crippen molar-refractivity contribution in [3.05, 3.63) is 17.0 Å². The topological polar surface area (TPSA) is 101 Å². The largest absolute Gasteiger partial charge is 0.461 e. The molecule has 0 amide bonds. The Labute approximate surface area is 142 Å². The van der Waals surface area contributed by atoms with Gasteiger partial charge in [-0.15, -0.1) is 0 Å². The highest BCUT2D eigenvalue weighted by Crippen LogP contribution is 2.23. The molecule has 1 aromatic rings. The number of hydrogen-bond donors (Lipinski definition) is 2. The van der Waals surface area contributed by atoms with Crippen LogP contribution in [0.1, 0.15) is 28.7 Å². The molecule has 0 atom stereocenters. The van der Waals surface area contributed by atoms with Gasteiger partial charge in [-0.05, 0) is 20.8 Å². The smallest absolute Gasteiger partial charge is 0.355 e. The number of H-pyrrole nitrogens is 1. The lowest BCUT2D eigenvalue weighted by molar-refractivity contribution is 0.0390. The predicted molar refractivity (Wildman–Crippen MR) is 88.7 cm³/mol. The van der Waals surface area contributed by atoms with Gasteiger partial charge in [-0.25, -0.2) is 17.9 Å². The number of sulfonamides is 1. The van der Waals surface area contributed by atoms with Crippen LogP contribution >= 0.6 is 0 Å². The molecule has 1 aliphatic rings. The zero-order valence-corrected chi connectivity index (χ0v) is 15.2. The molecule has 24 heavy (non-hydrogen) atoms. The molecule has 2 N–H and O–H groups in total. The number of esters is 1. The number of carbonyl (C=O) groups is 1. The molecule has 0 radical (unpaired) electrons. The molecule has 136 valence electrons. The first kappa shape index (κ1) is 18.9. The Balaban J connectivity index is 2.06. The number of nitrogens with one attached hydrogen (secondary N) is 2. The fourth-order valence-electron chi connectivity index (χ4n) is 2.78. The Morgan fingerprint density at radius 2 is 2.00 bits per heavy atom. The van der Waals surface area contributed by atoms with Gasteiger partial charge in [-0.3, -0.25) is 4.90 Å². The molecule has 9 heteroatoms. The maximum atomic E-state index is 12.6. The van der Waals surface area contributed by atoms with E-state index in [4.69, 9.17) is 9.47 Å². The molecule has 1 saturated heterocycles. The average Bonchev–Trinajstić information content (AvgIpc) is 2.84. The number of aryl methyl sites for hydroxylation is 1. The van der Waals surface area contributed by atoms with Crippen LogP contribution in [0.4, 0.5) is 0 Å². The second-order valence-corrected chi connectivity index (χ2v) is 7.36. The second kappa shape index (κ2) is 8.11. The number of hydrogen-bond acceptors (Lipinski definition) is 6. The lowest BCUT2D eigenvalue weighted by Gasteiger charge is -2.26. The third-order valence-electron chi connectivity index (χ3n) is 3.94. The van der Waals surface area contributed by atoms with Gasteiger partial charge in [-0.1, -0.05) is 0 Å². The van der Waals surface area contributed by atoms with Crippen molar-refractivity contribution in [1.82, 2.24) is 14.6 Å². The third kappa shape index (κ3) is 4.35. The van der Waals surface area contributed by atoms with Crippen molar-refractivity contribution in [1.29, 1.82) is 0 Å². The summed E-state index contributed by atoms with van der Waals surface area (Å²) in [5.41, 5.74) is 0.988. The van der Waals surface area contributed by atoms with Crippen LogP contribution in [-0.2, 0) is 19.5 Å². The van der Waals surface area contributed by atoms with Crippen molar-refractivity contribution in [3.63, 3.8) is 0 Å². The van der Waals surface area contributed by atoms with Gasteiger partial charge < -0.3 is 14.5 Å². The van der Waals surface area contributed by atoms with E-state index in [9.17, 15) is 13.2 Å². The lowest BCUT2D eigenvalue weighted by Crippen LogP contribution is -2.41. The molecule has 1 fully saturated rings. The van der Waals surface area contributed by atoms with Crippen LogP contribution in [0.2, 0.25) is 0 Å². The monoisotopic (exact) mass is 359 g/mol. The van der Waals surface area contributed by atoms with Gasteiger partial charge in [0.2, 0.25) is 10.0 Å². The minimum absolute atomic E-state index is 0.118. The molecule has 0 aliphatic carbocycles. The van der Waals surface area contributed by atoms with Crippen molar-refractivity contribution in [2.24, 2.45) is 0 Å². The zero-order chi connectivity index (χ0) is 17.7. The molecule has 0 unspecified atom stereocenters. The van der Waals surface area contributed by atoms with Crippen molar-refractivity contribution in [2.75, 3.05) is 46.0 Å². The summed E-state index contributed by atoms with van der Waals surface area (Å²) in [6, 6.07) is 0. The maximum Gasteiger partial charge on any atom is 0.355 e. The van der Waals surface area contributed by atoms with E-state index in [0.717, 1.165) is 13.1 Å². The highest BCUT2D eigenvalue weighted by Gasteiger charge is 2.27. The Hall–Kier alpha value is -1.42. The quantitative estimate of drug-likeness (QED) is 0.684. The van der Waals surface area contributed by atoms with E-state index in [-0.39, 0.29) is 17.2 Å². The maximum absolute atomic E-state index is 12.6. The number of nitrogens with zero attached hydrogens (tertiary/aromatic N) is 1. The SMILES string of the molecule is CCOC(=O)c1[nH]c(C)c(S(=O)(=O)NCCN2CCOCC2)c1C.